The molecule has 1 aliphatic rings. The molecule has 0 aromatic carbocycles. The third kappa shape index (κ3) is 1.12. The average Bonchev–Trinajstić information content (AvgIpc) is 2.27. The van der Waals surface area contributed by atoms with E-state index in [1.165, 1.54) is 14.2 Å². The van der Waals surface area contributed by atoms with Gasteiger partial charge in [0.15, 0.2) is 0 Å². The zero-order valence-electron chi connectivity index (χ0n) is 6.34. The van der Waals surface area contributed by atoms with Crippen LogP contribution in [0.15, 0.2) is 0 Å². The van der Waals surface area contributed by atoms with Gasteiger partial charge >= 0.3 is 0 Å². The molecule has 5 heteroatoms. The highest BCUT2D eigenvalue weighted by Gasteiger charge is 2.47. The number of nitrogens with one attached hydrogen (secondary N) is 1. The van der Waals surface area contributed by atoms with Gasteiger partial charge in [-0.3, -0.25) is 14.9 Å². The van der Waals surface area contributed by atoms with E-state index in [9.17, 15) is 9.59 Å². The Morgan fingerprint density at radius 2 is 1.91 bits per heavy atom. The van der Waals surface area contributed by atoms with Crippen LogP contribution in [0, 0.1) is 0 Å². The van der Waals surface area contributed by atoms with Crippen LogP contribution in [0.3, 0.4) is 0 Å². The van der Waals surface area contributed by atoms with Crippen LogP contribution in [0.5, 0.6) is 0 Å². The molecular weight excluding hydrogens is 150 g/mol. The lowest BCUT2D eigenvalue weighted by Gasteiger charge is -2.20. The lowest BCUT2D eigenvalue weighted by atomic mass is 10.2. The molecule has 1 heterocycles. The van der Waals surface area contributed by atoms with Crippen molar-refractivity contribution in [2.24, 2.45) is 0 Å². The summed E-state index contributed by atoms with van der Waals surface area (Å²) in [5.74, 6) is -2.30. The molecule has 0 aromatic rings. The molecule has 1 N–H and O–H groups in total. The van der Waals surface area contributed by atoms with E-state index in [1.54, 1.807) is 0 Å². The minimum atomic E-state index is -1.39. The second kappa shape index (κ2) is 2.60. The monoisotopic (exact) mass is 159 g/mol. The van der Waals surface area contributed by atoms with Gasteiger partial charge < -0.3 is 9.47 Å². The maximum Gasteiger partial charge on any atom is 0.287 e. The highest BCUT2D eigenvalue weighted by Crippen LogP contribution is 2.21. The van der Waals surface area contributed by atoms with Crippen LogP contribution in [-0.4, -0.2) is 31.8 Å². The zero-order chi connectivity index (χ0) is 8.48. The van der Waals surface area contributed by atoms with Gasteiger partial charge in [-0.15, -0.1) is 0 Å². The van der Waals surface area contributed by atoms with Gasteiger partial charge in [-0.1, -0.05) is 0 Å². The predicted molar refractivity (Wildman–Crippen MR) is 34.5 cm³/mol. The quantitative estimate of drug-likeness (QED) is 0.415. The van der Waals surface area contributed by atoms with E-state index < -0.39 is 11.7 Å². The van der Waals surface area contributed by atoms with Gasteiger partial charge in [-0.2, -0.15) is 0 Å². The molecule has 0 spiro atoms. The second-order valence-corrected chi connectivity index (χ2v) is 2.22. The number of methoxy groups -OCH3 is 2. The van der Waals surface area contributed by atoms with Crippen LogP contribution in [0.4, 0.5) is 0 Å². The van der Waals surface area contributed by atoms with Crippen molar-refractivity contribution in [3.8, 4) is 0 Å². The van der Waals surface area contributed by atoms with Crippen molar-refractivity contribution in [2.75, 3.05) is 14.2 Å². The Morgan fingerprint density at radius 1 is 1.36 bits per heavy atom. The van der Waals surface area contributed by atoms with E-state index in [0.29, 0.717) is 0 Å². The minimum Gasteiger partial charge on any atom is -0.345 e. The molecule has 1 aliphatic heterocycles. The maximum atomic E-state index is 11.0. The van der Waals surface area contributed by atoms with Crippen molar-refractivity contribution in [2.45, 2.75) is 12.2 Å². The van der Waals surface area contributed by atoms with E-state index in [2.05, 4.69) is 5.32 Å². The maximum absolute atomic E-state index is 11.0. The summed E-state index contributed by atoms with van der Waals surface area (Å²) in [5, 5.41) is 2.08. The van der Waals surface area contributed by atoms with E-state index >= 15 is 0 Å². The highest BCUT2D eigenvalue weighted by molar-refractivity contribution is 6.06. The summed E-state index contributed by atoms with van der Waals surface area (Å²) in [6, 6.07) is 0. The predicted octanol–water partition coefficient (Wildman–Crippen LogP) is -0.978. The first-order valence-corrected chi connectivity index (χ1v) is 3.09. The summed E-state index contributed by atoms with van der Waals surface area (Å²) < 4.78 is 9.55. The molecular formula is C6H9NO4. The molecule has 62 valence electrons. The zero-order valence-corrected chi connectivity index (χ0v) is 6.34. The molecule has 1 saturated heterocycles. The molecule has 0 atom stereocenters. The molecule has 1 rings (SSSR count). The van der Waals surface area contributed by atoms with Gasteiger partial charge in [-0.05, 0) is 0 Å². The molecule has 0 aromatic heterocycles. The summed E-state index contributed by atoms with van der Waals surface area (Å²) in [6.07, 6.45) is -0.0706. The summed E-state index contributed by atoms with van der Waals surface area (Å²) >= 11 is 0. The van der Waals surface area contributed by atoms with Crippen LogP contribution in [0.25, 0.3) is 0 Å². The van der Waals surface area contributed by atoms with Crippen molar-refractivity contribution in [1.29, 1.82) is 0 Å². The van der Waals surface area contributed by atoms with Crippen LogP contribution in [-0.2, 0) is 19.1 Å². The third-order valence-electron chi connectivity index (χ3n) is 1.65. The number of imide groups is 1. The lowest BCUT2D eigenvalue weighted by molar-refractivity contribution is -0.201. The van der Waals surface area contributed by atoms with Gasteiger partial charge in [0.05, 0.1) is 6.42 Å². The minimum absolute atomic E-state index is 0.0706. The number of carbonyl (C=O) groups is 2. The van der Waals surface area contributed by atoms with Crippen molar-refractivity contribution >= 4 is 11.8 Å². The van der Waals surface area contributed by atoms with Gasteiger partial charge in [0, 0.05) is 14.2 Å². The third-order valence-corrected chi connectivity index (χ3v) is 1.65. The number of amides is 2. The van der Waals surface area contributed by atoms with Crippen molar-refractivity contribution in [1.82, 2.24) is 5.32 Å². The Balaban J connectivity index is 2.84. The first kappa shape index (κ1) is 8.16. The molecule has 2 amide bonds. The summed E-state index contributed by atoms with van der Waals surface area (Å²) in [4.78, 5) is 21.7. The Labute approximate surface area is 63.7 Å². The van der Waals surface area contributed by atoms with Crippen molar-refractivity contribution in [3.05, 3.63) is 0 Å². The lowest BCUT2D eigenvalue weighted by Crippen LogP contribution is -2.41. The SMILES string of the molecule is COC1(OC)CC(=O)NC1=O. The normalized spacial score (nSPS) is 22.0. The molecule has 1 fully saturated rings. The van der Waals surface area contributed by atoms with Crippen molar-refractivity contribution < 1.29 is 19.1 Å². The topological polar surface area (TPSA) is 64.6 Å². The van der Waals surface area contributed by atoms with E-state index in [-0.39, 0.29) is 12.3 Å². The number of hydrogen-bond acceptors (Lipinski definition) is 4. The van der Waals surface area contributed by atoms with Crippen LogP contribution in [0.1, 0.15) is 6.42 Å². The first-order chi connectivity index (χ1) is 5.14. The fourth-order valence-corrected chi connectivity index (χ4v) is 0.971. The van der Waals surface area contributed by atoms with E-state index in [1.807, 2.05) is 0 Å². The van der Waals surface area contributed by atoms with Crippen LogP contribution < -0.4 is 5.32 Å². The molecule has 0 saturated carbocycles. The summed E-state index contributed by atoms with van der Waals surface area (Å²) in [7, 11) is 2.64. The average molecular weight is 159 g/mol. The largest absolute Gasteiger partial charge is 0.345 e. The summed E-state index contributed by atoms with van der Waals surface area (Å²) in [5.41, 5.74) is 0. The van der Waals surface area contributed by atoms with Gasteiger partial charge in [0.25, 0.3) is 11.7 Å². The fraction of sp³-hybridized carbons (Fsp3) is 0.667. The molecule has 0 bridgehead atoms. The second-order valence-electron chi connectivity index (χ2n) is 2.22. The highest BCUT2D eigenvalue weighted by atomic mass is 16.7. The Kier molecular flexibility index (Phi) is 1.92. The molecule has 5 nitrogen and oxygen atoms in total. The molecule has 0 unspecified atom stereocenters. The standard InChI is InChI=1S/C6H9NO4/c1-10-6(11-2)3-4(8)7-5(6)9/h3H2,1-2H3,(H,7,8,9). The number of ether oxygens (including phenoxy) is 2. The van der Waals surface area contributed by atoms with Gasteiger partial charge in [0.1, 0.15) is 0 Å². The Hall–Kier alpha value is -0.940. The number of hydrogen-bond donors (Lipinski definition) is 1. The van der Waals surface area contributed by atoms with Crippen molar-refractivity contribution in [3.63, 3.8) is 0 Å². The van der Waals surface area contributed by atoms with E-state index in [4.69, 9.17) is 9.47 Å². The molecule has 11 heavy (non-hydrogen) atoms. The smallest absolute Gasteiger partial charge is 0.287 e. The van der Waals surface area contributed by atoms with Gasteiger partial charge in [0.2, 0.25) is 5.91 Å². The first-order valence-electron chi connectivity index (χ1n) is 3.09. The Bertz CT molecular complexity index is 197. The number of carbonyl (C=O) groups excluding carboxylic acids is 2. The van der Waals surface area contributed by atoms with E-state index in [0.717, 1.165) is 0 Å². The van der Waals surface area contributed by atoms with Gasteiger partial charge in [-0.25, -0.2) is 0 Å². The Morgan fingerprint density at radius 3 is 2.09 bits per heavy atom. The molecule has 0 aliphatic carbocycles. The molecule has 0 radical (unpaired) electrons. The number of rotatable bonds is 2. The van der Waals surface area contributed by atoms with Crippen LogP contribution in [0.2, 0.25) is 0 Å². The van der Waals surface area contributed by atoms with Crippen LogP contribution >= 0.6 is 0 Å². The summed E-state index contributed by atoms with van der Waals surface area (Å²) in [6.45, 7) is 0. The fourth-order valence-electron chi connectivity index (χ4n) is 0.971.